The minimum atomic E-state index is 0.920. The lowest BCUT2D eigenvalue weighted by molar-refractivity contribution is 0.630. The van der Waals surface area contributed by atoms with Gasteiger partial charge in [-0.1, -0.05) is 24.3 Å². The fourth-order valence-corrected chi connectivity index (χ4v) is 2.77. The Morgan fingerprint density at radius 2 is 1.71 bits per heavy atom. The first kappa shape index (κ1) is 12.3. The Labute approximate surface area is 123 Å². The maximum atomic E-state index is 4.61. The van der Waals surface area contributed by atoms with E-state index in [1.807, 2.05) is 18.6 Å². The Balaban J connectivity index is 1.67. The molecule has 4 heteroatoms. The van der Waals surface area contributed by atoms with Crippen LogP contribution in [0.2, 0.25) is 0 Å². The number of nitrogens with one attached hydrogen (secondary N) is 2. The third-order valence-corrected chi connectivity index (χ3v) is 3.96. The summed E-state index contributed by atoms with van der Waals surface area (Å²) in [6.07, 6.45) is 6.74. The van der Waals surface area contributed by atoms with Gasteiger partial charge in [-0.2, -0.15) is 5.10 Å². The molecular weight excluding hydrogens is 260 g/mol. The zero-order chi connectivity index (χ0) is 14.1. The summed E-state index contributed by atoms with van der Waals surface area (Å²) in [6.45, 7) is 1.95. The van der Waals surface area contributed by atoms with Crippen LogP contribution in [0.15, 0.2) is 48.9 Å². The third-order valence-electron chi connectivity index (χ3n) is 3.96. The molecule has 0 spiro atoms. The summed E-state index contributed by atoms with van der Waals surface area (Å²) >= 11 is 0. The Kier molecular flexibility index (Phi) is 3.01. The first-order valence-electron chi connectivity index (χ1n) is 7.18. The van der Waals surface area contributed by atoms with E-state index < -0.39 is 0 Å². The van der Waals surface area contributed by atoms with Gasteiger partial charge in [0.1, 0.15) is 0 Å². The van der Waals surface area contributed by atoms with Crippen LogP contribution in [-0.2, 0) is 13.0 Å². The molecule has 4 rings (SSSR count). The summed E-state index contributed by atoms with van der Waals surface area (Å²) < 4.78 is 0. The van der Waals surface area contributed by atoms with Crippen LogP contribution in [-0.4, -0.2) is 21.7 Å². The monoisotopic (exact) mass is 276 g/mol. The third kappa shape index (κ3) is 2.34. The van der Waals surface area contributed by atoms with Crippen molar-refractivity contribution in [1.29, 1.82) is 0 Å². The highest BCUT2D eigenvalue weighted by molar-refractivity contribution is 5.69. The average molecular weight is 276 g/mol. The number of rotatable bonds is 2. The second-order valence-electron chi connectivity index (χ2n) is 5.32. The molecule has 0 bridgehead atoms. The molecule has 0 fully saturated rings. The standard InChI is InChI=1S/C17H16N4/c1-3-13(16-10-20-21-11-16)4-2-12(1)14-7-15-8-18-6-5-17(15)19-9-14/h1-4,7,9-11,18H,5-6,8H2,(H,20,21). The van der Waals surface area contributed by atoms with Crippen LogP contribution in [0.5, 0.6) is 0 Å². The Bertz CT molecular complexity index is 745. The number of nitrogens with zero attached hydrogens (tertiary/aromatic N) is 2. The SMILES string of the molecule is c1cc(-c2cnc3c(c2)CNCC3)ccc1-c1cn[nH]c1. The van der Waals surface area contributed by atoms with Crippen molar-refractivity contribution < 1.29 is 0 Å². The van der Waals surface area contributed by atoms with E-state index in [0.717, 1.165) is 25.1 Å². The number of aromatic amines is 1. The summed E-state index contributed by atoms with van der Waals surface area (Å²) in [6, 6.07) is 10.8. The number of hydrogen-bond donors (Lipinski definition) is 2. The Hall–Kier alpha value is -2.46. The first-order valence-corrected chi connectivity index (χ1v) is 7.18. The van der Waals surface area contributed by atoms with Crippen LogP contribution < -0.4 is 5.32 Å². The molecule has 1 aliphatic heterocycles. The quantitative estimate of drug-likeness (QED) is 0.756. The van der Waals surface area contributed by atoms with Gasteiger partial charge in [0, 0.05) is 48.7 Å². The molecular formula is C17H16N4. The van der Waals surface area contributed by atoms with Crippen molar-refractivity contribution in [1.82, 2.24) is 20.5 Å². The minimum Gasteiger partial charge on any atom is -0.312 e. The lowest BCUT2D eigenvalue weighted by Crippen LogP contribution is -2.24. The van der Waals surface area contributed by atoms with Crippen LogP contribution in [0.1, 0.15) is 11.3 Å². The number of H-pyrrole nitrogens is 1. The van der Waals surface area contributed by atoms with Crippen molar-refractivity contribution in [3.05, 3.63) is 60.2 Å². The summed E-state index contributed by atoms with van der Waals surface area (Å²) in [5.74, 6) is 0. The van der Waals surface area contributed by atoms with E-state index >= 15 is 0 Å². The van der Waals surface area contributed by atoms with Gasteiger partial charge >= 0.3 is 0 Å². The fraction of sp³-hybridized carbons (Fsp3) is 0.176. The highest BCUT2D eigenvalue weighted by Crippen LogP contribution is 2.25. The topological polar surface area (TPSA) is 53.6 Å². The average Bonchev–Trinajstić information content (AvgIpc) is 3.09. The number of hydrogen-bond acceptors (Lipinski definition) is 3. The van der Waals surface area contributed by atoms with E-state index in [4.69, 9.17) is 0 Å². The van der Waals surface area contributed by atoms with Crippen molar-refractivity contribution in [2.24, 2.45) is 0 Å². The van der Waals surface area contributed by atoms with Crippen LogP contribution in [0, 0.1) is 0 Å². The lowest BCUT2D eigenvalue weighted by Gasteiger charge is -2.16. The van der Waals surface area contributed by atoms with Crippen LogP contribution in [0.3, 0.4) is 0 Å². The molecule has 0 aliphatic carbocycles. The molecule has 3 heterocycles. The van der Waals surface area contributed by atoms with Crippen LogP contribution >= 0.6 is 0 Å². The zero-order valence-corrected chi connectivity index (χ0v) is 11.6. The molecule has 4 nitrogen and oxygen atoms in total. The van der Waals surface area contributed by atoms with E-state index in [2.05, 4.69) is 50.8 Å². The fourth-order valence-electron chi connectivity index (χ4n) is 2.77. The number of benzene rings is 1. The van der Waals surface area contributed by atoms with E-state index in [0.29, 0.717) is 0 Å². The van der Waals surface area contributed by atoms with Crippen LogP contribution in [0.25, 0.3) is 22.3 Å². The molecule has 1 aliphatic rings. The maximum Gasteiger partial charge on any atom is 0.0565 e. The van der Waals surface area contributed by atoms with Crippen molar-refractivity contribution in [3.8, 4) is 22.3 Å². The van der Waals surface area contributed by atoms with Gasteiger partial charge in [0.05, 0.1) is 6.20 Å². The number of fused-ring (bicyclic) bond motifs is 1. The van der Waals surface area contributed by atoms with Crippen molar-refractivity contribution in [2.45, 2.75) is 13.0 Å². The molecule has 1 aromatic carbocycles. The molecule has 0 unspecified atom stereocenters. The van der Waals surface area contributed by atoms with Crippen LogP contribution in [0.4, 0.5) is 0 Å². The van der Waals surface area contributed by atoms with E-state index in [-0.39, 0.29) is 0 Å². The molecule has 104 valence electrons. The Morgan fingerprint density at radius 3 is 2.48 bits per heavy atom. The zero-order valence-electron chi connectivity index (χ0n) is 11.6. The molecule has 3 aromatic rings. The van der Waals surface area contributed by atoms with Gasteiger partial charge in [-0.3, -0.25) is 10.1 Å². The van der Waals surface area contributed by atoms with Gasteiger partial charge in [-0.15, -0.1) is 0 Å². The molecule has 0 atom stereocenters. The van der Waals surface area contributed by atoms with E-state index in [9.17, 15) is 0 Å². The van der Waals surface area contributed by atoms with Gasteiger partial charge in [0.25, 0.3) is 0 Å². The second kappa shape index (κ2) is 5.14. The molecule has 21 heavy (non-hydrogen) atoms. The summed E-state index contributed by atoms with van der Waals surface area (Å²) in [4.78, 5) is 4.61. The molecule has 0 saturated heterocycles. The number of aromatic nitrogens is 3. The Morgan fingerprint density at radius 1 is 0.905 bits per heavy atom. The van der Waals surface area contributed by atoms with Gasteiger partial charge in [-0.25, -0.2) is 0 Å². The van der Waals surface area contributed by atoms with E-state index in [1.165, 1.54) is 27.9 Å². The molecule has 2 N–H and O–H groups in total. The van der Waals surface area contributed by atoms with Crippen molar-refractivity contribution in [2.75, 3.05) is 6.54 Å². The smallest absolute Gasteiger partial charge is 0.0565 e. The van der Waals surface area contributed by atoms with Gasteiger partial charge in [-0.05, 0) is 22.8 Å². The predicted molar refractivity (Wildman–Crippen MR) is 82.7 cm³/mol. The number of pyridine rings is 1. The molecule has 0 saturated carbocycles. The van der Waals surface area contributed by atoms with Crippen molar-refractivity contribution >= 4 is 0 Å². The van der Waals surface area contributed by atoms with Gasteiger partial charge in [0.2, 0.25) is 0 Å². The second-order valence-corrected chi connectivity index (χ2v) is 5.32. The first-order chi connectivity index (χ1) is 10.4. The minimum absolute atomic E-state index is 0.920. The van der Waals surface area contributed by atoms with Gasteiger partial charge < -0.3 is 5.32 Å². The largest absolute Gasteiger partial charge is 0.312 e. The maximum absolute atomic E-state index is 4.61. The van der Waals surface area contributed by atoms with E-state index in [1.54, 1.807) is 0 Å². The highest BCUT2D eigenvalue weighted by Gasteiger charge is 2.11. The molecule has 0 amide bonds. The predicted octanol–water partition coefficient (Wildman–Crippen LogP) is 2.78. The van der Waals surface area contributed by atoms with Crippen molar-refractivity contribution in [3.63, 3.8) is 0 Å². The van der Waals surface area contributed by atoms with Gasteiger partial charge in [0.15, 0.2) is 0 Å². The molecule has 0 radical (unpaired) electrons. The highest BCUT2D eigenvalue weighted by atomic mass is 15.1. The normalized spacial score (nSPS) is 13.9. The lowest BCUT2D eigenvalue weighted by atomic mass is 9.99. The summed E-state index contributed by atoms with van der Waals surface area (Å²) in [5.41, 5.74) is 7.19. The summed E-state index contributed by atoms with van der Waals surface area (Å²) in [5, 5.41) is 10.2. The molecule has 2 aromatic heterocycles. The summed E-state index contributed by atoms with van der Waals surface area (Å²) in [7, 11) is 0.